The fraction of sp³-hybridized carbons (Fsp3) is 0.312. The van der Waals surface area contributed by atoms with Crippen molar-refractivity contribution in [2.24, 2.45) is 0 Å². The van der Waals surface area contributed by atoms with Gasteiger partial charge in [-0.2, -0.15) is 0 Å². The summed E-state index contributed by atoms with van der Waals surface area (Å²) in [5.74, 6) is -0.664. The van der Waals surface area contributed by atoms with E-state index in [1.807, 2.05) is 0 Å². The van der Waals surface area contributed by atoms with E-state index in [1.54, 1.807) is 35.2 Å². The van der Waals surface area contributed by atoms with Gasteiger partial charge in [0.05, 0.1) is 24.2 Å². The van der Waals surface area contributed by atoms with E-state index < -0.39 is 12.2 Å². The van der Waals surface area contributed by atoms with Gasteiger partial charge in [-0.15, -0.1) is 6.58 Å². The Kier molecular flexibility index (Phi) is 3.66. The first kappa shape index (κ1) is 14.3. The van der Waals surface area contributed by atoms with Gasteiger partial charge in [-0.25, -0.2) is 4.79 Å². The quantitative estimate of drug-likeness (QED) is 0.613. The van der Waals surface area contributed by atoms with Crippen molar-refractivity contribution in [1.29, 1.82) is 0 Å². The van der Waals surface area contributed by atoms with Gasteiger partial charge < -0.3 is 9.64 Å². The molecule has 0 unspecified atom stereocenters. The maximum atomic E-state index is 12.3. The molecule has 6 nitrogen and oxygen atoms in total. The smallest absolute Gasteiger partial charge is 0.410 e. The zero-order valence-corrected chi connectivity index (χ0v) is 12.0. The Labute approximate surface area is 127 Å². The summed E-state index contributed by atoms with van der Waals surface area (Å²) in [6, 6.07) is 6.71. The first-order valence-electron chi connectivity index (χ1n) is 7.13. The molecule has 6 heteroatoms. The summed E-state index contributed by atoms with van der Waals surface area (Å²) in [5, 5.41) is 0. The summed E-state index contributed by atoms with van der Waals surface area (Å²) >= 11 is 0. The molecule has 0 aliphatic carbocycles. The maximum absolute atomic E-state index is 12.3. The minimum atomic E-state index is -0.487. The summed E-state index contributed by atoms with van der Waals surface area (Å²) in [5.41, 5.74) is 0.806. The van der Waals surface area contributed by atoms with Gasteiger partial charge in [-0.1, -0.05) is 18.2 Å². The number of benzene rings is 1. The van der Waals surface area contributed by atoms with Crippen LogP contribution in [0, 0.1) is 0 Å². The Hall–Kier alpha value is -2.63. The lowest BCUT2D eigenvalue weighted by Crippen LogP contribution is -2.38. The molecule has 2 heterocycles. The van der Waals surface area contributed by atoms with Crippen LogP contribution in [0.1, 0.15) is 27.1 Å². The summed E-state index contributed by atoms with van der Waals surface area (Å²) < 4.78 is 5.24. The number of hydrogen-bond acceptors (Lipinski definition) is 4. The first-order chi connectivity index (χ1) is 10.6. The molecule has 0 spiro atoms. The summed E-state index contributed by atoms with van der Waals surface area (Å²) in [6.45, 7) is 4.61. The molecule has 0 bridgehead atoms. The molecule has 1 saturated heterocycles. The number of ether oxygens (including phenoxy) is 1. The summed E-state index contributed by atoms with van der Waals surface area (Å²) in [7, 11) is 0. The number of rotatable bonds is 5. The number of fused-ring (bicyclic) bond motifs is 1. The molecule has 1 aromatic rings. The van der Waals surface area contributed by atoms with Crippen LogP contribution in [-0.4, -0.2) is 53.4 Å². The van der Waals surface area contributed by atoms with E-state index in [-0.39, 0.29) is 18.4 Å². The van der Waals surface area contributed by atoms with E-state index >= 15 is 0 Å². The summed E-state index contributed by atoms with van der Waals surface area (Å²) in [6.07, 6.45) is 1.50. The molecule has 2 aliphatic heterocycles. The van der Waals surface area contributed by atoms with Gasteiger partial charge in [0, 0.05) is 6.54 Å². The number of nitrogens with zero attached hydrogens (tertiary/aromatic N) is 2. The SMILES string of the molecule is C=CCCN1C[C@H](CN2C(=O)c3ccccc3C2=O)OC1=O. The predicted molar refractivity (Wildman–Crippen MR) is 78.5 cm³/mol. The molecular weight excluding hydrogens is 284 g/mol. The molecular formula is C16H16N2O4. The van der Waals surface area contributed by atoms with Gasteiger partial charge in [0.2, 0.25) is 0 Å². The van der Waals surface area contributed by atoms with E-state index in [0.717, 1.165) is 4.90 Å². The molecule has 22 heavy (non-hydrogen) atoms. The Morgan fingerprint density at radius 1 is 1.18 bits per heavy atom. The molecule has 0 N–H and O–H groups in total. The number of cyclic esters (lactones) is 1. The highest BCUT2D eigenvalue weighted by Crippen LogP contribution is 2.24. The van der Waals surface area contributed by atoms with Crippen LogP contribution < -0.4 is 0 Å². The van der Waals surface area contributed by atoms with Crippen molar-refractivity contribution in [1.82, 2.24) is 9.80 Å². The normalized spacial score (nSPS) is 20.4. The average Bonchev–Trinajstić information content (AvgIpc) is 2.99. The van der Waals surface area contributed by atoms with E-state index in [9.17, 15) is 14.4 Å². The van der Waals surface area contributed by atoms with E-state index in [1.165, 1.54) is 0 Å². The van der Waals surface area contributed by atoms with Gasteiger partial charge in [0.25, 0.3) is 11.8 Å². The molecule has 0 aromatic heterocycles. The van der Waals surface area contributed by atoms with Crippen molar-refractivity contribution in [3.05, 3.63) is 48.0 Å². The second kappa shape index (κ2) is 5.63. The van der Waals surface area contributed by atoms with E-state index in [0.29, 0.717) is 30.6 Å². The lowest BCUT2D eigenvalue weighted by Gasteiger charge is -2.17. The molecule has 1 atom stereocenters. The topological polar surface area (TPSA) is 66.9 Å². The molecule has 1 fully saturated rings. The first-order valence-corrected chi connectivity index (χ1v) is 7.13. The monoisotopic (exact) mass is 300 g/mol. The molecule has 3 amide bonds. The highest BCUT2D eigenvalue weighted by atomic mass is 16.6. The minimum absolute atomic E-state index is 0.0860. The molecule has 1 aromatic carbocycles. The molecule has 3 rings (SSSR count). The molecule has 0 radical (unpaired) electrons. The number of carbonyl (C=O) groups is 3. The highest BCUT2D eigenvalue weighted by molar-refractivity contribution is 6.21. The van der Waals surface area contributed by atoms with Crippen LogP contribution in [0.4, 0.5) is 4.79 Å². The fourth-order valence-corrected chi connectivity index (χ4v) is 2.71. The predicted octanol–water partition coefficient (Wildman–Crippen LogP) is 1.68. The van der Waals surface area contributed by atoms with E-state index in [2.05, 4.69) is 6.58 Å². The summed E-state index contributed by atoms with van der Waals surface area (Å²) in [4.78, 5) is 39.0. The van der Waals surface area contributed by atoms with Gasteiger partial charge in [-0.05, 0) is 18.6 Å². The van der Waals surface area contributed by atoms with Crippen molar-refractivity contribution >= 4 is 17.9 Å². The lowest BCUT2D eigenvalue weighted by atomic mass is 10.1. The molecule has 0 saturated carbocycles. The number of amides is 3. The Balaban J connectivity index is 1.68. The number of imide groups is 1. The van der Waals surface area contributed by atoms with Crippen LogP contribution in [0.15, 0.2) is 36.9 Å². The lowest BCUT2D eigenvalue weighted by molar-refractivity contribution is 0.0558. The van der Waals surface area contributed by atoms with Crippen molar-refractivity contribution < 1.29 is 19.1 Å². The third kappa shape index (κ3) is 2.36. The second-order valence-corrected chi connectivity index (χ2v) is 5.30. The Morgan fingerprint density at radius 2 is 1.82 bits per heavy atom. The van der Waals surface area contributed by atoms with Gasteiger partial charge >= 0.3 is 6.09 Å². The van der Waals surface area contributed by atoms with Crippen molar-refractivity contribution in [3.63, 3.8) is 0 Å². The number of carbonyl (C=O) groups excluding carboxylic acids is 3. The van der Waals surface area contributed by atoms with Crippen molar-refractivity contribution in [2.45, 2.75) is 12.5 Å². The van der Waals surface area contributed by atoms with Gasteiger partial charge in [0.15, 0.2) is 0 Å². The Morgan fingerprint density at radius 3 is 2.41 bits per heavy atom. The Bertz CT molecular complexity index is 620. The highest BCUT2D eigenvalue weighted by Gasteiger charge is 2.40. The van der Waals surface area contributed by atoms with Gasteiger partial charge in [0.1, 0.15) is 6.10 Å². The van der Waals surface area contributed by atoms with Crippen LogP contribution in [-0.2, 0) is 4.74 Å². The third-order valence-electron chi connectivity index (χ3n) is 3.82. The molecule has 114 valence electrons. The number of hydrogen-bond donors (Lipinski definition) is 0. The van der Waals surface area contributed by atoms with Gasteiger partial charge in [-0.3, -0.25) is 14.5 Å². The second-order valence-electron chi connectivity index (χ2n) is 5.30. The van der Waals surface area contributed by atoms with Crippen LogP contribution in [0.2, 0.25) is 0 Å². The average molecular weight is 300 g/mol. The minimum Gasteiger partial charge on any atom is -0.442 e. The van der Waals surface area contributed by atoms with Crippen LogP contribution >= 0.6 is 0 Å². The third-order valence-corrected chi connectivity index (χ3v) is 3.82. The fourth-order valence-electron chi connectivity index (χ4n) is 2.71. The van der Waals surface area contributed by atoms with E-state index in [4.69, 9.17) is 4.74 Å². The maximum Gasteiger partial charge on any atom is 0.410 e. The van der Waals surface area contributed by atoms with Crippen LogP contribution in [0.3, 0.4) is 0 Å². The molecule has 2 aliphatic rings. The van der Waals surface area contributed by atoms with Crippen molar-refractivity contribution in [3.8, 4) is 0 Å². The van der Waals surface area contributed by atoms with Crippen LogP contribution in [0.5, 0.6) is 0 Å². The zero-order chi connectivity index (χ0) is 15.7. The van der Waals surface area contributed by atoms with Crippen LogP contribution in [0.25, 0.3) is 0 Å². The van der Waals surface area contributed by atoms with Crippen molar-refractivity contribution in [2.75, 3.05) is 19.6 Å². The zero-order valence-electron chi connectivity index (χ0n) is 12.0. The standard InChI is InChI=1S/C16H16N2O4/c1-2-3-8-17-9-11(22-16(17)21)10-18-14(19)12-6-4-5-7-13(12)15(18)20/h2,4-7,11H,1,3,8-10H2/t11-/m1/s1. The largest absolute Gasteiger partial charge is 0.442 e.